The summed E-state index contributed by atoms with van der Waals surface area (Å²) in [5.74, 6) is -0.174. The van der Waals surface area contributed by atoms with Gasteiger partial charge < -0.3 is 4.57 Å². The van der Waals surface area contributed by atoms with E-state index in [-0.39, 0.29) is 5.91 Å². The predicted molar refractivity (Wildman–Crippen MR) is 113 cm³/mol. The van der Waals surface area contributed by atoms with Crippen LogP contribution in [0.25, 0.3) is 12.2 Å². The van der Waals surface area contributed by atoms with Crippen LogP contribution < -0.4 is 5.32 Å². The fourth-order valence-corrected chi connectivity index (χ4v) is 3.44. The van der Waals surface area contributed by atoms with Crippen molar-refractivity contribution in [3.63, 3.8) is 0 Å². The average Bonchev–Trinajstić information content (AvgIpc) is 3.37. The molecule has 0 saturated heterocycles. The van der Waals surface area contributed by atoms with Crippen molar-refractivity contribution in [1.82, 2.24) is 14.5 Å². The van der Waals surface area contributed by atoms with E-state index in [9.17, 15) is 4.79 Å². The first-order valence-electron chi connectivity index (χ1n) is 8.82. The van der Waals surface area contributed by atoms with E-state index >= 15 is 0 Å². The number of nitrogens with zero attached hydrogens (tertiary/aromatic N) is 3. The molecule has 0 aliphatic heterocycles. The molecule has 0 bridgehead atoms. The Morgan fingerprint density at radius 2 is 1.86 bits per heavy atom. The molecule has 1 N–H and O–H groups in total. The molecule has 1 amide bonds. The van der Waals surface area contributed by atoms with Gasteiger partial charge in [-0.05, 0) is 41.5 Å². The minimum Gasteiger partial charge on any atom is -0.339 e. The van der Waals surface area contributed by atoms with Crippen LogP contribution in [0.4, 0.5) is 5.13 Å². The average molecular weight is 386 g/mol. The minimum atomic E-state index is -0.174. The lowest BCUT2D eigenvalue weighted by Gasteiger charge is -2.08. The molecule has 3 heterocycles. The quantitative estimate of drug-likeness (QED) is 0.517. The topological polar surface area (TPSA) is 59.8 Å². The first kappa shape index (κ1) is 17.9. The normalized spacial score (nSPS) is 11.0. The highest BCUT2D eigenvalue weighted by atomic mass is 32.1. The molecule has 0 unspecified atom stereocenters. The first-order chi connectivity index (χ1) is 13.8. The molecule has 3 aromatic heterocycles. The number of amides is 1. The molecule has 0 spiro atoms. The van der Waals surface area contributed by atoms with Crippen molar-refractivity contribution in [2.75, 3.05) is 5.32 Å². The summed E-state index contributed by atoms with van der Waals surface area (Å²) in [7, 11) is 0. The fourth-order valence-electron chi connectivity index (χ4n) is 2.77. The lowest BCUT2D eigenvalue weighted by molar-refractivity contribution is 0.101. The number of pyridine rings is 1. The maximum Gasteiger partial charge on any atom is 0.274 e. The molecule has 0 fully saturated rings. The summed E-state index contributed by atoms with van der Waals surface area (Å²) in [6.45, 7) is 0.612. The van der Waals surface area contributed by atoms with Crippen molar-refractivity contribution in [2.24, 2.45) is 0 Å². The Morgan fingerprint density at radius 1 is 1.04 bits per heavy atom. The van der Waals surface area contributed by atoms with Crippen LogP contribution in [-0.2, 0) is 6.54 Å². The molecular weight excluding hydrogens is 368 g/mol. The van der Waals surface area contributed by atoms with Gasteiger partial charge in [-0.3, -0.25) is 15.1 Å². The summed E-state index contributed by atoms with van der Waals surface area (Å²) >= 11 is 1.41. The molecule has 0 atom stereocenters. The maximum atomic E-state index is 12.7. The van der Waals surface area contributed by atoms with Crippen LogP contribution in [0, 0.1) is 0 Å². The molecule has 1 aromatic carbocycles. The SMILES string of the molecule is O=C(Nc1nc(C=Cc2ccccc2)cs1)c1cccn1Cc1ccncc1. The van der Waals surface area contributed by atoms with Crippen LogP contribution in [-0.4, -0.2) is 20.4 Å². The standard InChI is InChI=1S/C22H18N4OS/c27-21(20-7-4-14-26(20)15-18-10-12-23-13-11-18)25-22-24-19(16-28-22)9-8-17-5-2-1-3-6-17/h1-14,16H,15H2,(H,24,25,27). The number of nitrogens with one attached hydrogen (secondary N) is 1. The second kappa shape index (κ2) is 8.45. The zero-order valence-corrected chi connectivity index (χ0v) is 15.8. The van der Waals surface area contributed by atoms with E-state index in [0.29, 0.717) is 17.4 Å². The molecule has 0 aliphatic rings. The number of carbonyl (C=O) groups is 1. The number of carbonyl (C=O) groups excluding carboxylic acids is 1. The number of hydrogen-bond acceptors (Lipinski definition) is 4. The molecule has 0 saturated carbocycles. The van der Waals surface area contributed by atoms with Gasteiger partial charge in [0.15, 0.2) is 5.13 Å². The highest BCUT2D eigenvalue weighted by Crippen LogP contribution is 2.19. The van der Waals surface area contributed by atoms with Crippen LogP contribution in [0.5, 0.6) is 0 Å². The maximum absolute atomic E-state index is 12.7. The summed E-state index contributed by atoms with van der Waals surface area (Å²) in [5, 5.41) is 5.39. The van der Waals surface area contributed by atoms with Crippen LogP contribution in [0.2, 0.25) is 0 Å². The lowest BCUT2D eigenvalue weighted by Crippen LogP contribution is -2.17. The summed E-state index contributed by atoms with van der Waals surface area (Å²) in [5.41, 5.74) is 3.60. The van der Waals surface area contributed by atoms with Gasteiger partial charge in [0.05, 0.1) is 5.69 Å². The summed E-state index contributed by atoms with van der Waals surface area (Å²) in [4.78, 5) is 21.2. The van der Waals surface area contributed by atoms with Crippen molar-refractivity contribution in [3.05, 3.63) is 101 Å². The fraction of sp³-hybridized carbons (Fsp3) is 0.0455. The van der Waals surface area contributed by atoms with Gasteiger partial charge in [-0.15, -0.1) is 11.3 Å². The van der Waals surface area contributed by atoms with Gasteiger partial charge in [-0.1, -0.05) is 36.4 Å². The van der Waals surface area contributed by atoms with Crippen molar-refractivity contribution in [3.8, 4) is 0 Å². The molecule has 0 aliphatic carbocycles. The number of aromatic nitrogens is 3. The summed E-state index contributed by atoms with van der Waals surface area (Å²) in [6.07, 6.45) is 9.33. The van der Waals surface area contributed by atoms with Crippen LogP contribution in [0.1, 0.15) is 27.3 Å². The van der Waals surface area contributed by atoms with Gasteiger partial charge in [0.25, 0.3) is 5.91 Å². The monoisotopic (exact) mass is 386 g/mol. The highest BCUT2D eigenvalue weighted by molar-refractivity contribution is 7.14. The Labute approximate surface area is 167 Å². The third-order valence-corrected chi connectivity index (χ3v) is 4.93. The number of thiazole rings is 1. The van der Waals surface area contributed by atoms with E-state index in [1.807, 2.05) is 76.8 Å². The molecule has 6 heteroatoms. The van der Waals surface area contributed by atoms with Gasteiger partial charge in [-0.2, -0.15) is 0 Å². The van der Waals surface area contributed by atoms with Gasteiger partial charge >= 0.3 is 0 Å². The predicted octanol–water partition coefficient (Wildman–Crippen LogP) is 4.81. The van der Waals surface area contributed by atoms with Gasteiger partial charge in [-0.25, -0.2) is 4.98 Å². The number of benzene rings is 1. The lowest BCUT2D eigenvalue weighted by atomic mass is 10.2. The molecule has 5 nitrogen and oxygen atoms in total. The Morgan fingerprint density at radius 3 is 2.68 bits per heavy atom. The van der Waals surface area contributed by atoms with Crippen LogP contribution >= 0.6 is 11.3 Å². The number of hydrogen-bond donors (Lipinski definition) is 1. The molecular formula is C22H18N4OS. The van der Waals surface area contributed by atoms with E-state index in [2.05, 4.69) is 15.3 Å². The van der Waals surface area contributed by atoms with E-state index in [0.717, 1.165) is 16.8 Å². The van der Waals surface area contributed by atoms with E-state index in [4.69, 9.17) is 0 Å². The van der Waals surface area contributed by atoms with Crippen LogP contribution in [0.15, 0.2) is 78.6 Å². The summed E-state index contributed by atoms with van der Waals surface area (Å²) in [6, 6.07) is 17.6. The molecule has 138 valence electrons. The number of rotatable bonds is 6. The second-order valence-corrected chi connectivity index (χ2v) is 7.01. The minimum absolute atomic E-state index is 0.174. The third-order valence-electron chi connectivity index (χ3n) is 4.15. The first-order valence-corrected chi connectivity index (χ1v) is 9.70. The van der Waals surface area contributed by atoms with Crippen LogP contribution in [0.3, 0.4) is 0 Å². The largest absolute Gasteiger partial charge is 0.339 e. The molecule has 28 heavy (non-hydrogen) atoms. The zero-order chi connectivity index (χ0) is 19.2. The van der Waals surface area contributed by atoms with Crippen molar-refractivity contribution < 1.29 is 4.79 Å². The summed E-state index contributed by atoms with van der Waals surface area (Å²) < 4.78 is 1.91. The molecule has 0 radical (unpaired) electrons. The number of anilines is 1. The Balaban J connectivity index is 1.43. The van der Waals surface area contributed by atoms with Crippen molar-refractivity contribution >= 4 is 34.5 Å². The Hall–Kier alpha value is -3.51. The van der Waals surface area contributed by atoms with Crippen molar-refractivity contribution in [1.29, 1.82) is 0 Å². The van der Waals surface area contributed by atoms with Gasteiger partial charge in [0.1, 0.15) is 5.69 Å². The highest BCUT2D eigenvalue weighted by Gasteiger charge is 2.13. The third kappa shape index (κ3) is 4.42. The van der Waals surface area contributed by atoms with Gasteiger partial charge in [0.2, 0.25) is 0 Å². The van der Waals surface area contributed by atoms with E-state index in [1.54, 1.807) is 18.5 Å². The Bertz CT molecular complexity index is 1080. The Kier molecular flexibility index (Phi) is 5.40. The van der Waals surface area contributed by atoms with Gasteiger partial charge in [0, 0.05) is 30.5 Å². The zero-order valence-electron chi connectivity index (χ0n) is 15.0. The van der Waals surface area contributed by atoms with E-state index in [1.165, 1.54) is 11.3 Å². The smallest absolute Gasteiger partial charge is 0.274 e. The van der Waals surface area contributed by atoms with E-state index < -0.39 is 0 Å². The molecule has 4 aromatic rings. The molecule has 4 rings (SSSR count). The van der Waals surface area contributed by atoms with Crippen molar-refractivity contribution in [2.45, 2.75) is 6.54 Å². The second-order valence-electron chi connectivity index (χ2n) is 6.15.